The van der Waals surface area contributed by atoms with Crippen LogP contribution in [0.5, 0.6) is 11.5 Å². The van der Waals surface area contributed by atoms with E-state index >= 15 is 0 Å². The van der Waals surface area contributed by atoms with Gasteiger partial charge in [-0.2, -0.15) is 4.98 Å². The molecular formula is C28H25FN4O6S. The molecule has 10 nitrogen and oxygen atoms in total. The summed E-state index contributed by atoms with van der Waals surface area (Å²) in [5.74, 6) is 1.06. The van der Waals surface area contributed by atoms with Gasteiger partial charge in [0.25, 0.3) is 0 Å². The highest BCUT2D eigenvalue weighted by atomic mass is 32.1. The van der Waals surface area contributed by atoms with Crippen LogP contribution in [0, 0.1) is 5.82 Å². The number of carbonyl (C=O) groups excluding carboxylic acids is 2. The first-order valence-electron chi connectivity index (χ1n) is 12.8. The minimum absolute atomic E-state index is 0.155. The van der Waals surface area contributed by atoms with E-state index in [0.29, 0.717) is 52.4 Å². The minimum atomic E-state index is -0.509. The molecule has 6 rings (SSSR count). The van der Waals surface area contributed by atoms with Crippen molar-refractivity contribution in [3.05, 3.63) is 65.1 Å². The summed E-state index contributed by atoms with van der Waals surface area (Å²) in [6.07, 6.45) is 1.51. The maximum Gasteiger partial charge on any atom is 0.350 e. The summed E-state index contributed by atoms with van der Waals surface area (Å²) >= 11 is 1.23. The Hall–Kier alpha value is -4.45. The Morgan fingerprint density at radius 1 is 1.12 bits per heavy atom. The third-order valence-electron chi connectivity index (χ3n) is 6.69. The Morgan fingerprint density at radius 3 is 2.75 bits per heavy atom. The molecule has 1 N–H and O–H groups in total. The van der Waals surface area contributed by atoms with Gasteiger partial charge in [-0.1, -0.05) is 5.16 Å². The summed E-state index contributed by atoms with van der Waals surface area (Å²) in [7, 11) is 0. The van der Waals surface area contributed by atoms with Crippen molar-refractivity contribution >= 4 is 29.0 Å². The molecule has 0 radical (unpaired) electrons. The highest BCUT2D eigenvalue weighted by Gasteiger charge is 2.30. The van der Waals surface area contributed by atoms with Gasteiger partial charge >= 0.3 is 12.0 Å². The van der Waals surface area contributed by atoms with E-state index in [1.807, 2.05) is 18.2 Å². The van der Waals surface area contributed by atoms with Gasteiger partial charge in [0.05, 0.1) is 18.2 Å². The number of rotatable bonds is 6. The van der Waals surface area contributed by atoms with Crippen molar-refractivity contribution in [3.63, 3.8) is 0 Å². The predicted molar refractivity (Wildman–Crippen MR) is 144 cm³/mol. The zero-order valence-corrected chi connectivity index (χ0v) is 22.3. The lowest BCUT2D eigenvalue weighted by Gasteiger charge is -2.31. The lowest BCUT2D eigenvalue weighted by molar-refractivity contribution is 0.0533. The van der Waals surface area contributed by atoms with Gasteiger partial charge in [0.2, 0.25) is 18.5 Å². The molecular weight excluding hydrogens is 539 g/mol. The Balaban J connectivity index is 1.19. The second-order valence-electron chi connectivity index (χ2n) is 9.32. The molecule has 4 heterocycles. The molecule has 2 aromatic carbocycles. The summed E-state index contributed by atoms with van der Waals surface area (Å²) in [4.78, 5) is 33.4. The number of nitrogens with zero attached hydrogens (tertiary/aromatic N) is 3. The fourth-order valence-electron chi connectivity index (χ4n) is 4.70. The van der Waals surface area contributed by atoms with E-state index in [-0.39, 0.29) is 31.2 Å². The number of halogens is 1. The van der Waals surface area contributed by atoms with Gasteiger partial charge in [0.15, 0.2) is 11.5 Å². The molecule has 2 aliphatic heterocycles. The Bertz CT molecular complexity index is 1550. The quantitative estimate of drug-likeness (QED) is 0.287. The monoisotopic (exact) mass is 564 g/mol. The van der Waals surface area contributed by atoms with E-state index in [9.17, 15) is 14.0 Å². The van der Waals surface area contributed by atoms with Crippen molar-refractivity contribution in [1.29, 1.82) is 0 Å². The first-order chi connectivity index (χ1) is 19.5. The van der Waals surface area contributed by atoms with E-state index in [4.69, 9.17) is 18.7 Å². The van der Waals surface area contributed by atoms with Crippen molar-refractivity contribution in [3.8, 4) is 33.3 Å². The SMILES string of the molecule is CCOC(=O)c1sc(-c2ccc3c(c2)OCO3)cc1NC(=O)N1CCCC(c2nc(-c3ccc(F)cc3)no2)C1. The van der Waals surface area contributed by atoms with Gasteiger partial charge in [-0.05, 0) is 73.9 Å². The molecule has 0 bridgehead atoms. The van der Waals surface area contributed by atoms with E-state index in [1.165, 1.54) is 23.5 Å². The summed E-state index contributed by atoms with van der Waals surface area (Å²) < 4.78 is 34.9. The average Bonchev–Trinajstić information content (AvgIpc) is 3.73. The van der Waals surface area contributed by atoms with Crippen LogP contribution in [-0.4, -0.2) is 53.5 Å². The average molecular weight is 565 g/mol. The lowest BCUT2D eigenvalue weighted by Crippen LogP contribution is -2.41. The van der Waals surface area contributed by atoms with Gasteiger partial charge in [0.1, 0.15) is 10.7 Å². The predicted octanol–water partition coefficient (Wildman–Crippen LogP) is 5.92. The van der Waals surface area contributed by atoms with Crippen LogP contribution in [-0.2, 0) is 4.74 Å². The number of hydrogen-bond donors (Lipinski definition) is 1. The Morgan fingerprint density at radius 2 is 1.93 bits per heavy atom. The number of aromatic nitrogens is 2. The number of thiophene rings is 1. The Labute approximate surface area is 232 Å². The number of piperidine rings is 1. The number of nitrogens with one attached hydrogen (secondary N) is 1. The van der Waals surface area contributed by atoms with E-state index in [0.717, 1.165) is 23.3 Å². The van der Waals surface area contributed by atoms with Crippen LogP contribution in [0.15, 0.2) is 53.1 Å². The van der Waals surface area contributed by atoms with Gasteiger partial charge < -0.3 is 29.0 Å². The molecule has 1 atom stereocenters. The molecule has 12 heteroatoms. The molecule has 1 saturated heterocycles. The summed E-state index contributed by atoms with van der Waals surface area (Å²) in [5, 5.41) is 6.95. The number of esters is 1. The van der Waals surface area contributed by atoms with Crippen LogP contribution in [0.1, 0.15) is 41.2 Å². The maximum absolute atomic E-state index is 13.4. The van der Waals surface area contributed by atoms with Crippen LogP contribution >= 0.6 is 11.3 Å². The second kappa shape index (κ2) is 11.0. The molecule has 0 saturated carbocycles. The molecule has 0 spiro atoms. The van der Waals surface area contributed by atoms with Crippen molar-refractivity contribution in [1.82, 2.24) is 15.0 Å². The normalized spacial score (nSPS) is 16.1. The molecule has 40 heavy (non-hydrogen) atoms. The highest BCUT2D eigenvalue weighted by Crippen LogP contribution is 2.41. The fraction of sp³-hybridized carbons (Fsp3) is 0.286. The highest BCUT2D eigenvalue weighted by molar-refractivity contribution is 7.18. The van der Waals surface area contributed by atoms with Crippen molar-refractivity contribution in [2.75, 3.05) is 31.8 Å². The molecule has 2 aliphatic rings. The van der Waals surface area contributed by atoms with Crippen LogP contribution in [0.4, 0.5) is 14.9 Å². The number of urea groups is 1. The number of benzene rings is 2. The third kappa shape index (κ3) is 5.22. The second-order valence-corrected chi connectivity index (χ2v) is 10.4. The number of ether oxygens (including phenoxy) is 3. The van der Waals surface area contributed by atoms with Gasteiger partial charge in [-0.25, -0.2) is 14.0 Å². The van der Waals surface area contributed by atoms with E-state index < -0.39 is 5.97 Å². The maximum atomic E-state index is 13.4. The van der Waals surface area contributed by atoms with Gasteiger partial charge in [0, 0.05) is 23.5 Å². The molecule has 0 aliphatic carbocycles. The molecule has 2 amide bonds. The summed E-state index contributed by atoms with van der Waals surface area (Å²) in [6, 6.07) is 12.8. The van der Waals surface area contributed by atoms with Crippen LogP contribution in [0.3, 0.4) is 0 Å². The van der Waals surface area contributed by atoms with Crippen LogP contribution < -0.4 is 14.8 Å². The lowest BCUT2D eigenvalue weighted by atomic mass is 9.98. The number of carbonyl (C=O) groups is 2. The minimum Gasteiger partial charge on any atom is -0.462 e. The first-order valence-corrected chi connectivity index (χ1v) is 13.7. The first kappa shape index (κ1) is 25.8. The van der Waals surface area contributed by atoms with Crippen LogP contribution in [0.2, 0.25) is 0 Å². The molecule has 2 aromatic heterocycles. The summed E-state index contributed by atoms with van der Waals surface area (Å²) in [6.45, 7) is 3.00. The van der Waals surface area contributed by atoms with Crippen molar-refractivity contribution in [2.45, 2.75) is 25.7 Å². The number of likely N-dealkylation sites (tertiary alicyclic amines) is 1. The largest absolute Gasteiger partial charge is 0.462 e. The standard InChI is InChI=1S/C28H25FN4O6S/c1-2-36-27(34)24-20(13-23(40-24)17-7-10-21-22(12-17)38-15-37-21)30-28(35)33-11-3-4-18(14-33)26-31-25(32-39-26)16-5-8-19(29)9-6-16/h5-10,12-13,18H,2-4,11,14-15H2,1H3,(H,30,35). The van der Waals surface area contributed by atoms with Gasteiger partial charge in [-0.3, -0.25) is 0 Å². The smallest absolute Gasteiger partial charge is 0.350 e. The zero-order valence-electron chi connectivity index (χ0n) is 21.5. The zero-order chi connectivity index (χ0) is 27.6. The fourth-order valence-corrected chi connectivity index (χ4v) is 5.70. The van der Waals surface area contributed by atoms with E-state index in [1.54, 1.807) is 30.0 Å². The molecule has 4 aromatic rings. The van der Waals surface area contributed by atoms with Crippen LogP contribution in [0.25, 0.3) is 21.8 Å². The van der Waals surface area contributed by atoms with Crippen molar-refractivity contribution in [2.24, 2.45) is 0 Å². The Kier molecular flexibility index (Phi) is 7.08. The molecule has 1 fully saturated rings. The number of amides is 2. The number of fused-ring (bicyclic) bond motifs is 1. The third-order valence-corrected chi connectivity index (χ3v) is 7.86. The number of anilines is 1. The molecule has 1 unspecified atom stereocenters. The van der Waals surface area contributed by atoms with Crippen molar-refractivity contribution < 1.29 is 32.7 Å². The summed E-state index contributed by atoms with van der Waals surface area (Å²) in [5.41, 5.74) is 1.84. The van der Waals surface area contributed by atoms with Gasteiger partial charge in [-0.15, -0.1) is 11.3 Å². The molecule has 206 valence electrons. The topological polar surface area (TPSA) is 116 Å². The van der Waals surface area contributed by atoms with E-state index in [2.05, 4.69) is 15.5 Å². The number of hydrogen-bond acceptors (Lipinski definition) is 9.